The van der Waals surface area contributed by atoms with Crippen molar-refractivity contribution in [1.82, 2.24) is 5.32 Å². The van der Waals surface area contributed by atoms with Gasteiger partial charge in [-0.2, -0.15) is 0 Å². The summed E-state index contributed by atoms with van der Waals surface area (Å²) in [7, 11) is 2.05. The summed E-state index contributed by atoms with van der Waals surface area (Å²) in [6.45, 7) is 2.35. The minimum Gasteiger partial charge on any atom is -0.316 e. The predicted molar refractivity (Wildman–Crippen MR) is 79.5 cm³/mol. The molecule has 2 rings (SSSR count). The highest BCUT2D eigenvalue weighted by Gasteiger charge is 2.28. The highest BCUT2D eigenvalue weighted by molar-refractivity contribution is 6.33. The van der Waals surface area contributed by atoms with Gasteiger partial charge in [-0.3, -0.25) is 0 Å². The lowest BCUT2D eigenvalue weighted by Crippen LogP contribution is -2.34. The van der Waals surface area contributed by atoms with Crippen LogP contribution in [0.15, 0.2) is 18.2 Å². The van der Waals surface area contributed by atoms with Crippen LogP contribution in [0.2, 0.25) is 10.0 Å². The van der Waals surface area contributed by atoms with Gasteiger partial charge in [-0.15, -0.1) is 0 Å². The van der Waals surface area contributed by atoms with Crippen LogP contribution in [0.4, 0.5) is 0 Å². The van der Waals surface area contributed by atoms with Crippen LogP contribution in [0.25, 0.3) is 0 Å². The predicted octanol–water partition coefficient (Wildman–Crippen LogP) is 4.56. The number of nitrogens with one attached hydrogen (secondary N) is 1. The molecule has 3 unspecified atom stereocenters. The molecule has 0 radical (unpaired) electrons. The second-order valence-corrected chi connectivity index (χ2v) is 6.36. The van der Waals surface area contributed by atoms with Gasteiger partial charge in [-0.1, -0.05) is 36.5 Å². The molecule has 0 amide bonds. The van der Waals surface area contributed by atoms with E-state index >= 15 is 0 Å². The van der Waals surface area contributed by atoms with Crippen LogP contribution in [-0.4, -0.2) is 13.1 Å². The van der Waals surface area contributed by atoms with Gasteiger partial charge >= 0.3 is 0 Å². The van der Waals surface area contributed by atoms with E-state index < -0.39 is 0 Å². The van der Waals surface area contributed by atoms with Crippen molar-refractivity contribution in [2.75, 3.05) is 7.05 Å². The molecule has 0 aliphatic heterocycles. The zero-order chi connectivity index (χ0) is 13.1. The first-order valence-corrected chi connectivity index (χ1v) is 7.47. The zero-order valence-corrected chi connectivity index (χ0v) is 12.6. The van der Waals surface area contributed by atoms with Gasteiger partial charge in [-0.25, -0.2) is 0 Å². The van der Waals surface area contributed by atoms with Gasteiger partial charge in [0.25, 0.3) is 0 Å². The number of hydrogen-bond donors (Lipinski definition) is 1. The van der Waals surface area contributed by atoms with E-state index in [0.29, 0.717) is 6.04 Å². The maximum atomic E-state index is 6.25. The molecule has 18 heavy (non-hydrogen) atoms. The molecule has 1 fully saturated rings. The molecule has 0 heterocycles. The van der Waals surface area contributed by atoms with Crippen LogP contribution in [-0.2, 0) is 6.42 Å². The van der Waals surface area contributed by atoms with Crippen LogP contribution in [0.1, 0.15) is 31.7 Å². The van der Waals surface area contributed by atoms with E-state index in [4.69, 9.17) is 23.2 Å². The Kier molecular flexibility index (Phi) is 4.94. The smallest absolute Gasteiger partial charge is 0.0439 e. The fourth-order valence-corrected chi connectivity index (χ4v) is 3.45. The van der Waals surface area contributed by atoms with E-state index in [0.717, 1.165) is 33.9 Å². The molecule has 0 saturated heterocycles. The monoisotopic (exact) mass is 285 g/mol. The lowest BCUT2D eigenvalue weighted by molar-refractivity contribution is 0.367. The van der Waals surface area contributed by atoms with Gasteiger partial charge in [0, 0.05) is 16.1 Å². The Hall–Kier alpha value is -0.240. The van der Waals surface area contributed by atoms with E-state index in [9.17, 15) is 0 Å². The van der Waals surface area contributed by atoms with E-state index in [1.165, 1.54) is 19.3 Å². The Morgan fingerprint density at radius 1 is 1.33 bits per heavy atom. The third-order valence-corrected chi connectivity index (χ3v) is 4.73. The highest BCUT2D eigenvalue weighted by atomic mass is 35.5. The Balaban J connectivity index is 2.08. The molecule has 1 N–H and O–H groups in total. The summed E-state index contributed by atoms with van der Waals surface area (Å²) in [6, 6.07) is 6.24. The summed E-state index contributed by atoms with van der Waals surface area (Å²) >= 11 is 12.3. The molecule has 0 spiro atoms. The number of hydrogen-bond acceptors (Lipinski definition) is 1. The lowest BCUT2D eigenvalue weighted by atomic mass is 9.91. The summed E-state index contributed by atoms with van der Waals surface area (Å²) in [5.74, 6) is 1.63. The zero-order valence-electron chi connectivity index (χ0n) is 11.0. The van der Waals surface area contributed by atoms with Crippen molar-refractivity contribution in [2.24, 2.45) is 11.8 Å². The number of benzene rings is 1. The fourth-order valence-electron chi connectivity index (χ4n) is 3.06. The Morgan fingerprint density at radius 3 is 2.72 bits per heavy atom. The van der Waals surface area contributed by atoms with Gasteiger partial charge in [-0.05, 0) is 61.9 Å². The van der Waals surface area contributed by atoms with E-state index in [1.807, 2.05) is 25.2 Å². The average molecular weight is 286 g/mol. The Morgan fingerprint density at radius 2 is 2.11 bits per heavy atom. The van der Waals surface area contributed by atoms with Crippen LogP contribution < -0.4 is 5.32 Å². The molecule has 1 aliphatic carbocycles. The molecule has 100 valence electrons. The van der Waals surface area contributed by atoms with Crippen molar-refractivity contribution in [3.05, 3.63) is 33.8 Å². The lowest BCUT2D eigenvalue weighted by Gasteiger charge is -2.24. The van der Waals surface area contributed by atoms with Crippen molar-refractivity contribution < 1.29 is 0 Å². The molecule has 3 atom stereocenters. The van der Waals surface area contributed by atoms with Gasteiger partial charge in [0.1, 0.15) is 0 Å². The molecule has 1 aromatic carbocycles. The topological polar surface area (TPSA) is 12.0 Å². The summed E-state index contributed by atoms with van der Waals surface area (Å²) in [5.41, 5.74) is 1.16. The summed E-state index contributed by atoms with van der Waals surface area (Å²) < 4.78 is 0. The number of halogens is 2. The number of likely N-dealkylation sites (N-methyl/N-ethyl adjacent to an activating group) is 1. The van der Waals surface area contributed by atoms with Crippen molar-refractivity contribution in [1.29, 1.82) is 0 Å². The Bertz CT molecular complexity index is 405. The molecule has 1 nitrogen and oxygen atoms in total. The maximum Gasteiger partial charge on any atom is 0.0439 e. The molecule has 1 saturated carbocycles. The summed E-state index contributed by atoms with van der Waals surface area (Å²) in [4.78, 5) is 0. The summed E-state index contributed by atoms with van der Waals surface area (Å²) in [6.07, 6.45) is 4.97. The first kappa shape index (κ1) is 14.2. The van der Waals surface area contributed by atoms with Gasteiger partial charge in [0.2, 0.25) is 0 Å². The van der Waals surface area contributed by atoms with Crippen molar-refractivity contribution >= 4 is 23.2 Å². The average Bonchev–Trinajstić information content (AvgIpc) is 2.77. The maximum absolute atomic E-state index is 6.25. The third kappa shape index (κ3) is 3.40. The molecule has 0 bridgehead atoms. The SMILES string of the molecule is CNC(Cc1cc(Cl)ccc1Cl)C1CCC(C)C1. The number of rotatable bonds is 4. The second kappa shape index (κ2) is 6.27. The standard InChI is InChI=1S/C15H21Cl2N/c1-10-3-4-11(7-10)15(18-2)9-12-8-13(16)5-6-14(12)17/h5-6,8,10-11,15,18H,3-4,7,9H2,1-2H3. The molecular formula is C15H21Cl2N. The first-order valence-electron chi connectivity index (χ1n) is 6.71. The van der Waals surface area contributed by atoms with E-state index in [-0.39, 0.29) is 0 Å². The summed E-state index contributed by atoms with van der Waals surface area (Å²) in [5, 5.41) is 5.05. The van der Waals surface area contributed by atoms with Crippen LogP contribution >= 0.6 is 23.2 Å². The molecule has 1 aliphatic rings. The van der Waals surface area contributed by atoms with Gasteiger partial charge in [0.15, 0.2) is 0 Å². The van der Waals surface area contributed by atoms with Crippen molar-refractivity contribution in [2.45, 2.75) is 38.6 Å². The van der Waals surface area contributed by atoms with Crippen LogP contribution in [0.3, 0.4) is 0 Å². The first-order chi connectivity index (χ1) is 8.60. The van der Waals surface area contributed by atoms with Crippen molar-refractivity contribution in [3.63, 3.8) is 0 Å². The molecule has 1 aromatic rings. The quantitative estimate of drug-likeness (QED) is 0.855. The normalized spacial score (nSPS) is 25.3. The van der Waals surface area contributed by atoms with Crippen molar-refractivity contribution in [3.8, 4) is 0 Å². The van der Waals surface area contributed by atoms with Gasteiger partial charge < -0.3 is 5.32 Å². The van der Waals surface area contributed by atoms with Crippen LogP contribution in [0, 0.1) is 11.8 Å². The Labute approximate surface area is 120 Å². The van der Waals surface area contributed by atoms with E-state index in [2.05, 4.69) is 12.2 Å². The van der Waals surface area contributed by atoms with Crippen LogP contribution in [0.5, 0.6) is 0 Å². The second-order valence-electron chi connectivity index (χ2n) is 5.51. The van der Waals surface area contributed by atoms with E-state index in [1.54, 1.807) is 0 Å². The largest absolute Gasteiger partial charge is 0.316 e. The van der Waals surface area contributed by atoms with Gasteiger partial charge in [0.05, 0.1) is 0 Å². The highest BCUT2D eigenvalue weighted by Crippen LogP contribution is 2.34. The minimum atomic E-state index is 0.505. The molecule has 0 aromatic heterocycles. The third-order valence-electron chi connectivity index (χ3n) is 4.12. The fraction of sp³-hybridized carbons (Fsp3) is 0.600. The molecule has 3 heteroatoms. The molecular weight excluding hydrogens is 265 g/mol. The minimum absolute atomic E-state index is 0.505.